The van der Waals surface area contributed by atoms with E-state index in [1.54, 1.807) is 18.3 Å². The second-order valence-electron chi connectivity index (χ2n) is 3.97. The van der Waals surface area contributed by atoms with E-state index in [1.807, 2.05) is 19.1 Å². The number of nitrogens with zero attached hydrogens (tertiary/aromatic N) is 2. The van der Waals surface area contributed by atoms with Gasteiger partial charge >= 0.3 is 0 Å². The van der Waals surface area contributed by atoms with Gasteiger partial charge in [-0.05, 0) is 30.7 Å². The van der Waals surface area contributed by atoms with Crippen LogP contribution >= 0.6 is 11.6 Å². The fraction of sp³-hybridized carbons (Fsp3) is 0.167. The van der Waals surface area contributed by atoms with Crippen LogP contribution in [-0.2, 0) is 11.3 Å². The normalized spacial score (nSPS) is 10.3. The number of nitrogens with one attached hydrogen (secondary N) is 1. The molecule has 2 rings (SSSR count). The maximum atomic E-state index is 11.8. The number of nitrogen functional groups attached to an aromatic ring is 1. The Bertz CT molecular complexity index is 579. The molecule has 0 aliphatic carbocycles. The van der Waals surface area contributed by atoms with Gasteiger partial charge in [-0.25, -0.2) is 0 Å². The highest BCUT2D eigenvalue weighted by Crippen LogP contribution is 2.22. The summed E-state index contributed by atoms with van der Waals surface area (Å²) in [5.41, 5.74) is 7.09. The number of anilines is 2. The molecular formula is C12H13ClN4O. The number of benzene rings is 1. The third kappa shape index (κ3) is 3.01. The molecule has 0 radical (unpaired) electrons. The van der Waals surface area contributed by atoms with Crippen LogP contribution in [0.4, 0.5) is 11.5 Å². The van der Waals surface area contributed by atoms with E-state index in [0.717, 1.165) is 5.56 Å². The lowest BCUT2D eigenvalue weighted by Crippen LogP contribution is -2.19. The maximum Gasteiger partial charge on any atom is 0.246 e. The van der Waals surface area contributed by atoms with Crippen LogP contribution in [0.3, 0.4) is 0 Å². The van der Waals surface area contributed by atoms with Crippen molar-refractivity contribution in [3.05, 3.63) is 41.0 Å². The molecule has 2 aromatic rings. The van der Waals surface area contributed by atoms with E-state index in [4.69, 9.17) is 17.3 Å². The molecule has 0 fully saturated rings. The number of carbonyl (C=O) groups is 1. The van der Waals surface area contributed by atoms with E-state index in [1.165, 1.54) is 4.68 Å². The minimum atomic E-state index is -0.203. The number of aryl methyl sites for hydroxylation is 1. The molecule has 18 heavy (non-hydrogen) atoms. The monoisotopic (exact) mass is 264 g/mol. The molecule has 1 heterocycles. The van der Waals surface area contributed by atoms with Gasteiger partial charge < -0.3 is 11.1 Å². The van der Waals surface area contributed by atoms with Gasteiger partial charge in [0, 0.05) is 6.20 Å². The molecule has 1 amide bonds. The van der Waals surface area contributed by atoms with Crippen molar-refractivity contribution in [3.8, 4) is 0 Å². The van der Waals surface area contributed by atoms with Crippen molar-refractivity contribution in [2.24, 2.45) is 0 Å². The first kappa shape index (κ1) is 12.4. The molecule has 1 aromatic carbocycles. The first-order chi connectivity index (χ1) is 8.54. The summed E-state index contributed by atoms with van der Waals surface area (Å²) in [6.07, 6.45) is 1.65. The van der Waals surface area contributed by atoms with Crippen molar-refractivity contribution in [3.63, 3.8) is 0 Å². The Morgan fingerprint density at radius 3 is 2.94 bits per heavy atom. The molecule has 0 atom stereocenters. The second-order valence-corrected chi connectivity index (χ2v) is 4.38. The molecule has 94 valence electrons. The Balaban J connectivity index is 2.05. The molecule has 0 bridgehead atoms. The summed E-state index contributed by atoms with van der Waals surface area (Å²) >= 11 is 5.99. The van der Waals surface area contributed by atoms with E-state index in [-0.39, 0.29) is 12.5 Å². The van der Waals surface area contributed by atoms with Gasteiger partial charge in [0.1, 0.15) is 12.4 Å². The van der Waals surface area contributed by atoms with Crippen molar-refractivity contribution in [2.45, 2.75) is 13.5 Å². The lowest BCUT2D eigenvalue weighted by atomic mass is 10.2. The van der Waals surface area contributed by atoms with Crippen LogP contribution in [0.1, 0.15) is 5.56 Å². The molecular weight excluding hydrogens is 252 g/mol. The summed E-state index contributed by atoms with van der Waals surface area (Å²) in [4.78, 5) is 11.8. The molecule has 6 heteroatoms. The lowest BCUT2D eigenvalue weighted by molar-refractivity contribution is -0.116. The number of hydrogen-bond donors (Lipinski definition) is 2. The standard InChI is InChI=1S/C12H13ClN4O/c1-8-2-3-9(13)10(6-8)15-12(18)7-17-5-4-11(14)16-17/h2-6H,7H2,1H3,(H2,14,16)(H,15,18). The summed E-state index contributed by atoms with van der Waals surface area (Å²) in [6, 6.07) is 7.08. The van der Waals surface area contributed by atoms with E-state index in [2.05, 4.69) is 10.4 Å². The average molecular weight is 265 g/mol. The highest BCUT2D eigenvalue weighted by atomic mass is 35.5. The minimum Gasteiger partial charge on any atom is -0.382 e. The lowest BCUT2D eigenvalue weighted by Gasteiger charge is -2.08. The van der Waals surface area contributed by atoms with Gasteiger partial charge in [-0.3, -0.25) is 9.48 Å². The summed E-state index contributed by atoms with van der Waals surface area (Å²) in [7, 11) is 0. The first-order valence-corrected chi connectivity index (χ1v) is 5.77. The molecule has 0 spiro atoms. The van der Waals surface area contributed by atoms with Crippen molar-refractivity contribution < 1.29 is 4.79 Å². The smallest absolute Gasteiger partial charge is 0.246 e. The SMILES string of the molecule is Cc1ccc(Cl)c(NC(=O)Cn2ccc(N)n2)c1. The Labute approximate surface area is 110 Å². The van der Waals surface area contributed by atoms with Crippen molar-refractivity contribution in [1.82, 2.24) is 9.78 Å². The highest BCUT2D eigenvalue weighted by Gasteiger charge is 2.07. The Morgan fingerprint density at radius 1 is 1.50 bits per heavy atom. The Morgan fingerprint density at radius 2 is 2.28 bits per heavy atom. The van der Waals surface area contributed by atoms with Gasteiger partial charge in [0.25, 0.3) is 0 Å². The fourth-order valence-corrected chi connectivity index (χ4v) is 1.70. The first-order valence-electron chi connectivity index (χ1n) is 5.39. The third-order valence-electron chi connectivity index (χ3n) is 2.36. The number of aromatic nitrogens is 2. The predicted molar refractivity (Wildman–Crippen MR) is 71.5 cm³/mol. The van der Waals surface area contributed by atoms with Crippen LogP contribution < -0.4 is 11.1 Å². The summed E-state index contributed by atoms with van der Waals surface area (Å²) in [6.45, 7) is 2.03. The zero-order chi connectivity index (χ0) is 13.1. The zero-order valence-corrected chi connectivity index (χ0v) is 10.6. The quantitative estimate of drug-likeness (QED) is 0.891. The molecule has 5 nitrogen and oxygen atoms in total. The average Bonchev–Trinajstić information content (AvgIpc) is 2.69. The van der Waals surface area contributed by atoms with Gasteiger partial charge in [0.2, 0.25) is 5.91 Å². The number of hydrogen-bond acceptors (Lipinski definition) is 3. The summed E-state index contributed by atoms with van der Waals surface area (Å²) < 4.78 is 1.47. The predicted octanol–water partition coefficient (Wildman–Crippen LogP) is 2.07. The summed E-state index contributed by atoms with van der Waals surface area (Å²) in [5.74, 6) is 0.182. The fourth-order valence-electron chi connectivity index (χ4n) is 1.54. The van der Waals surface area contributed by atoms with Crippen LogP contribution in [0.5, 0.6) is 0 Å². The van der Waals surface area contributed by atoms with Gasteiger partial charge in [-0.15, -0.1) is 0 Å². The largest absolute Gasteiger partial charge is 0.382 e. The molecule has 0 saturated carbocycles. The number of halogens is 1. The van der Waals surface area contributed by atoms with Crippen molar-refractivity contribution in [2.75, 3.05) is 11.1 Å². The Hall–Kier alpha value is -2.01. The summed E-state index contributed by atoms with van der Waals surface area (Å²) in [5, 5.41) is 7.18. The van der Waals surface area contributed by atoms with Gasteiger partial charge in [-0.2, -0.15) is 5.10 Å². The van der Waals surface area contributed by atoms with Crippen molar-refractivity contribution in [1.29, 1.82) is 0 Å². The topological polar surface area (TPSA) is 72.9 Å². The van der Waals surface area contributed by atoms with Crippen LogP contribution in [0.25, 0.3) is 0 Å². The number of nitrogens with two attached hydrogens (primary N) is 1. The maximum absolute atomic E-state index is 11.8. The van der Waals surface area contributed by atoms with Gasteiger partial charge in [0.15, 0.2) is 0 Å². The number of rotatable bonds is 3. The van der Waals surface area contributed by atoms with Gasteiger partial charge in [-0.1, -0.05) is 17.7 Å². The van der Waals surface area contributed by atoms with Gasteiger partial charge in [0.05, 0.1) is 10.7 Å². The second kappa shape index (κ2) is 5.10. The number of carbonyl (C=O) groups excluding carboxylic acids is 1. The molecule has 0 aliphatic rings. The van der Waals surface area contributed by atoms with E-state index < -0.39 is 0 Å². The minimum absolute atomic E-state index is 0.0987. The molecule has 0 aliphatic heterocycles. The van der Waals surface area contributed by atoms with E-state index in [0.29, 0.717) is 16.5 Å². The van der Waals surface area contributed by atoms with Crippen LogP contribution in [0, 0.1) is 6.92 Å². The van der Waals surface area contributed by atoms with E-state index >= 15 is 0 Å². The van der Waals surface area contributed by atoms with Crippen molar-refractivity contribution >= 4 is 29.0 Å². The molecule has 0 saturated heterocycles. The van der Waals surface area contributed by atoms with Crippen LogP contribution in [0.2, 0.25) is 5.02 Å². The molecule has 3 N–H and O–H groups in total. The van der Waals surface area contributed by atoms with Crippen LogP contribution in [0.15, 0.2) is 30.5 Å². The molecule has 1 aromatic heterocycles. The van der Waals surface area contributed by atoms with E-state index in [9.17, 15) is 4.79 Å². The molecule has 0 unspecified atom stereocenters. The highest BCUT2D eigenvalue weighted by molar-refractivity contribution is 6.33. The van der Waals surface area contributed by atoms with Crippen LogP contribution in [-0.4, -0.2) is 15.7 Å². The number of amides is 1. The zero-order valence-electron chi connectivity index (χ0n) is 9.85. The Kier molecular flexibility index (Phi) is 3.53. The third-order valence-corrected chi connectivity index (χ3v) is 2.69.